The molecule has 70 valence electrons. The molecule has 13 heavy (non-hydrogen) atoms. The van der Waals surface area contributed by atoms with Crippen molar-refractivity contribution in [2.45, 2.75) is 24.9 Å². The Balaban J connectivity index is 2.10. The fourth-order valence-electron chi connectivity index (χ4n) is 1.56. The molecule has 2 heterocycles. The van der Waals surface area contributed by atoms with Crippen LogP contribution in [0.5, 0.6) is 0 Å². The van der Waals surface area contributed by atoms with Gasteiger partial charge in [-0.15, -0.1) is 5.10 Å². The molecule has 1 aliphatic heterocycles. The molecule has 1 aliphatic rings. The van der Waals surface area contributed by atoms with Crippen molar-refractivity contribution in [2.75, 3.05) is 6.61 Å². The van der Waals surface area contributed by atoms with E-state index in [-0.39, 0.29) is 0 Å². The predicted molar refractivity (Wildman–Crippen MR) is 47.6 cm³/mol. The van der Waals surface area contributed by atoms with Crippen LogP contribution in [0.15, 0.2) is 5.38 Å². The number of carbonyl (C=O) groups excluding carboxylic acids is 1. The van der Waals surface area contributed by atoms with Crippen LogP contribution in [0, 0.1) is 0 Å². The maximum Gasteiger partial charge on any atom is 0.152 e. The van der Waals surface area contributed by atoms with Crippen LogP contribution in [0.4, 0.5) is 0 Å². The highest BCUT2D eigenvalue weighted by Gasteiger charge is 2.35. The van der Waals surface area contributed by atoms with Gasteiger partial charge in [0.2, 0.25) is 0 Å². The Bertz CT molecular complexity index is 280. The fourth-order valence-corrected chi connectivity index (χ4v) is 2.01. The lowest BCUT2D eigenvalue weighted by atomic mass is 9.96. The van der Waals surface area contributed by atoms with Gasteiger partial charge in [0.25, 0.3) is 0 Å². The number of ether oxygens (including phenoxy) is 1. The van der Waals surface area contributed by atoms with E-state index in [1.165, 1.54) is 11.5 Å². The van der Waals surface area contributed by atoms with Gasteiger partial charge in [-0.3, -0.25) is 0 Å². The molecule has 0 aliphatic carbocycles. The van der Waals surface area contributed by atoms with Crippen molar-refractivity contribution in [3.8, 4) is 0 Å². The lowest BCUT2D eigenvalue weighted by molar-refractivity contribution is -0.125. The van der Waals surface area contributed by atoms with Gasteiger partial charge in [-0.25, -0.2) is 0 Å². The van der Waals surface area contributed by atoms with Crippen molar-refractivity contribution in [1.82, 2.24) is 9.59 Å². The van der Waals surface area contributed by atoms with Gasteiger partial charge in [0, 0.05) is 18.4 Å². The lowest BCUT2D eigenvalue weighted by Crippen LogP contribution is -2.32. The zero-order valence-electron chi connectivity index (χ0n) is 7.10. The van der Waals surface area contributed by atoms with E-state index in [0.717, 1.165) is 24.8 Å². The Kier molecular flexibility index (Phi) is 2.37. The molecule has 0 amide bonds. The molecule has 1 aromatic heterocycles. The average molecular weight is 198 g/mol. The van der Waals surface area contributed by atoms with Crippen molar-refractivity contribution < 1.29 is 9.53 Å². The summed E-state index contributed by atoms with van der Waals surface area (Å²) >= 11 is 1.30. The van der Waals surface area contributed by atoms with Crippen LogP contribution >= 0.6 is 11.5 Å². The molecule has 1 aromatic rings. The molecule has 0 spiro atoms. The SMILES string of the molecule is O=CC1(Cc2csnn2)CCCO1. The highest BCUT2D eigenvalue weighted by molar-refractivity contribution is 7.03. The van der Waals surface area contributed by atoms with Crippen LogP contribution < -0.4 is 0 Å². The largest absolute Gasteiger partial charge is 0.367 e. The number of hydrogen-bond donors (Lipinski definition) is 0. The fraction of sp³-hybridized carbons (Fsp3) is 0.625. The summed E-state index contributed by atoms with van der Waals surface area (Å²) in [5.41, 5.74) is 0.231. The first kappa shape index (κ1) is 8.77. The second kappa shape index (κ2) is 3.51. The molecule has 1 unspecified atom stereocenters. The number of aromatic nitrogens is 2. The number of aldehydes is 1. The summed E-state index contributed by atoms with van der Waals surface area (Å²) in [4.78, 5) is 10.9. The molecule has 0 bridgehead atoms. The smallest absolute Gasteiger partial charge is 0.152 e. The van der Waals surface area contributed by atoms with Gasteiger partial charge in [-0.2, -0.15) is 0 Å². The van der Waals surface area contributed by atoms with E-state index in [0.29, 0.717) is 13.0 Å². The van der Waals surface area contributed by atoms with E-state index in [2.05, 4.69) is 9.59 Å². The number of rotatable bonds is 3. The average Bonchev–Trinajstić information content (AvgIpc) is 2.77. The molecule has 0 N–H and O–H groups in total. The third-order valence-electron chi connectivity index (χ3n) is 2.23. The standard InChI is InChI=1S/C8H10N2O2S/c11-6-8(2-1-3-12-8)4-7-5-13-10-9-7/h5-6H,1-4H2. The monoisotopic (exact) mass is 198 g/mol. The molecule has 1 saturated heterocycles. The summed E-state index contributed by atoms with van der Waals surface area (Å²) in [6, 6.07) is 0. The summed E-state index contributed by atoms with van der Waals surface area (Å²) in [7, 11) is 0. The molecular weight excluding hydrogens is 188 g/mol. The first-order chi connectivity index (χ1) is 6.35. The van der Waals surface area contributed by atoms with Crippen LogP contribution in [0.1, 0.15) is 18.5 Å². The van der Waals surface area contributed by atoms with Gasteiger partial charge in [-0.05, 0) is 24.4 Å². The molecule has 2 rings (SSSR count). The van der Waals surface area contributed by atoms with Crippen LogP contribution in [0.3, 0.4) is 0 Å². The highest BCUT2D eigenvalue weighted by atomic mass is 32.1. The Morgan fingerprint density at radius 2 is 2.69 bits per heavy atom. The Labute approximate surface area is 80.1 Å². The third kappa shape index (κ3) is 1.76. The minimum atomic E-state index is -0.615. The molecule has 0 aromatic carbocycles. The van der Waals surface area contributed by atoms with Crippen LogP contribution in [-0.2, 0) is 16.0 Å². The third-order valence-corrected chi connectivity index (χ3v) is 2.79. The maximum atomic E-state index is 10.9. The van der Waals surface area contributed by atoms with Crippen molar-refractivity contribution in [1.29, 1.82) is 0 Å². The molecular formula is C8H10N2O2S. The lowest BCUT2D eigenvalue weighted by Gasteiger charge is -2.19. The maximum absolute atomic E-state index is 10.9. The van der Waals surface area contributed by atoms with Crippen molar-refractivity contribution in [3.63, 3.8) is 0 Å². The summed E-state index contributed by atoms with van der Waals surface area (Å²) in [6.07, 6.45) is 3.22. The van der Waals surface area contributed by atoms with Gasteiger partial charge < -0.3 is 9.53 Å². The van der Waals surface area contributed by atoms with Crippen LogP contribution in [0.25, 0.3) is 0 Å². The molecule has 1 atom stereocenters. The first-order valence-electron chi connectivity index (χ1n) is 4.21. The van der Waals surface area contributed by atoms with Crippen molar-refractivity contribution in [3.05, 3.63) is 11.1 Å². The van der Waals surface area contributed by atoms with E-state index >= 15 is 0 Å². The Morgan fingerprint density at radius 3 is 3.23 bits per heavy atom. The minimum absolute atomic E-state index is 0.562. The van der Waals surface area contributed by atoms with Gasteiger partial charge in [0.1, 0.15) is 5.60 Å². The summed E-state index contributed by atoms with van der Waals surface area (Å²) in [5.74, 6) is 0. The normalized spacial score (nSPS) is 27.7. The van der Waals surface area contributed by atoms with Gasteiger partial charge in [0.05, 0.1) is 5.69 Å². The molecule has 5 heteroatoms. The Morgan fingerprint density at radius 1 is 1.77 bits per heavy atom. The zero-order valence-corrected chi connectivity index (χ0v) is 7.92. The Hall–Kier alpha value is -0.810. The highest BCUT2D eigenvalue weighted by Crippen LogP contribution is 2.27. The summed E-state index contributed by atoms with van der Waals surface area (Å²) in [5, 5.41) is 5.76. The number of hydrogen-bond acceptors (Lipinski definition) is 5. The molecule has 0 radical (unpaired) electrons. The van der Waals surface area contributed by atoms with E-state index < -0.39 is 5.60 Å². The van der Waals surface area contributed by atoms with Gasteiger partial charge in [-0.1, -0.05) is 4.49 Å². The van der Waals surface area contributed by atoms with Crippen molar-refractivity contribution >= 4 is 17.8 Å². The van der Waals surface area contributed by atoms with Crippen LogP contribution in [-0.4, -0.2) is 28.1 Å². The second-order valence-corrected chi connectivity index (χ2v) is 3.82. The van der Waals surface area contributed by atoms with Crippen LogP contribution in [0.2, 0.25) is 0 Å². The summed E-state index contributed by atoms with van der Waals surface area (Å²) < 4.78 is 9.18. The molecule has 4 nitrogen and oxygen atoms in total. The molecule has 0 saturated carbocycles. The quantitative estimate of drug-likeness (QED) is 0.675. The number of carbonyl (C=O) groups is 1. The van der Waals surface area contributed by atoms with Gasteiger partial charge in [0.15, 0.2) is 6.29 Å². The van der Waals surface area contributed by atoms with E-state index in [9.17, 15) is 4.79 Å². The number of nitrogens with zero attached hydrogens (tertiary/aromatic N) is 2. The first-order valence-corrected chi connectivity index (χ1v) is 5.04. The van der Waals surface area contributed by atoms with E-state index in [1.54, 1.807) is 0 Å². The molecule has 1 fully saturated rings. The summed E-state index contributed by atoms with van der Waals surface area (Å²) in [6.45, 7) is 0.677. The van der Waals surface area contributed by atoms with Crippen molar-refractivity contribution in [2.24, 2.45) is 0 Å². The predicted octanol–water partition coefficient (Wildman–Crippen LogP) is 0.829. The minimum Gasteiger partial charge on any atom is -0.367 e. The zero-order chi connectivity index (χ0) is 9.15. The topological polar surface area (TPSA) is 52.1 Å². The van der Waals surface area contributed by atoms with E-state index in [1.807, 2.05) is 5.38 Å². The second-order valence-electron chi connectivity index (χ2n) is 3.21. The van der Waals surface area contributed by atoms with E-state index in [4.69, 9.17) is 4.74 Å². The van der Waals surface area contributed by atoms with Gasteiger partial charge >= 0.3 is 0 Å².